The molecule has 0 amide bonds. The van der Waals surface area contributed by atoms with Crippen molar-refractivity contribution in [2.45, 2.75) is 31.2 Å². The summed E-state index contributed by atoms with van der Waals surface area (Å²) < 4.78 is 5.50. The summed E-state index contributed by atoms with van der Waals surface area (Å²) in [6.45, 7) is 1.08. The lowest BCUT2D eigenvalue weighted by Crippen LogP contribution is -2.39. The van der Waals surface area contributed by atoms with E-state index >= 15 is 0 Å². The molecular weight excluding hydrogens is 306 g/mol. The van der Waals surface area contributed by atoms with Crippen molar-refractivity contribution in [3.05, 3.63) is 63.7 Å². The van der Waals surface area contributed by atoms with Gasteiger partial charge in [0.15, 0.2) is 0 Å². The lowest BCUT2D eigenvalue weighted by Gasteiger charge is -2.38. The van der Waals surface area contributed by atoms with Crippen LogP contribution >= 0.6 is 11.6 Å². The molecule has 0 saturated carbocycles. The molecule has 0 N–H and O–H groups in total. The number of hydrogen-bond acceptors (Lipinski definition) is 2. The van der Waals surface area contributed by atoms with Crippen LogP contribution in [0.2, 0.25) is 5.02 Å². The number of aryl methyl sites for hydroxylation is 1. The van der Waals surface area contributed by atoms with Gasteiger partial charge >= 0.3 is 0 Å². The standard InChI is InChI=1S/C20H22ClNO/c1-22-10-9-14-11-17(21)19(23-2)12-16(14)20-15-6-4-3-5-13(15)7-8-18(20)22/h3-6,11-12,18,20H,7-10H2,1-2H3/t18-,20+/m0/s1. The molecule has 0 fully saturated rings. The average molecular weight is 328 g/mol. The zero-order chi connectivity index (χ0) is 16.0. The number of fused-ring (bicyclic) bond motifs is 5. The molecule has 23 heavy (non-hydrogen) atoms. The van der Waals surface area contributed by atoms with E-state index in [9.17, 15) is 0 Å². The van der Waals surface area contributed by atoms with Crippen LogP contribution in [0.4, 0.5) is 0 Å². The maximum atomic E-state index is 6.39. The summed E-state index contributed by atoms with van der Waals surface area (Å²) in [4.78, 5) is 2.53. The van der Waals surface area contributed by atoms with Crippen LogP contribution in [0.1, 0.15) is 34.6 Å². The fourth-order valence-electron chi connectivity index (χ4n) is 4.33. The Hall–Kier alpha value is -1.51. The Kier molecular flexibility index (Phi) is 3.82. The number of nitrogens with zero attached hydrogens (tertiary/aromatic N) is 1. The lowest BCUT2D eigenvalue weighted by molar-refractivity contribution is 0.214. The van der Waals surface area contributed by atoms with E-state index in [4.69, 9.17) is 16.3 Å². The number of halogens is 1. The van der Waals surface area contributed by atoms with Crippen molar-refractivity contribution >= 4 is 11.6 Å². The van der Waals surface area contributed by atoms with Gasteiger partial charge < -0.3 is 9.64 Å². The highest BCUT2D eigenvalue weighted by Crippen LogP contribution is 2.44. The molecule has 2 aliphatic rings. The maximum absolute atomic E-state index is 6.39. The quantitative estimate of drug-likeness (QED) is 0.775. The molecular formula is C20H22ClNO. The molecule has 2 aromatic carbocycles. The first kappa shape index (κ1) is 15.0. The maximum Gasteiger partial charge on any atom is 0.137 e. The summed E-state index contributed by atoms with van der Waals surface area (Å²) in [5, 5.41) is 0.719. The zero-order valence-corrected chi connectivity index (χ0v) is 14.4. The van der Waals surface area contributed by atoms with Crippen molar-refractivity contribution in [2.24, 2.45) is 0 Å². The molecule has 120 valence electrons. The van der Waals surface area contributed by atoms with Crippen LogP contribution in [-0.4, -0.2) is 31.6 Å². The number of benzene rings is 2. The third-order valence-electron chi connectivity index (χ3n) is 5.53. The molecule has 3 heteroatoms. The third kappa shape index (κ3) is 2.45. The zero-order valence-electron chi connectivity index (χ0n) is 13.7. The van der Waals surface area contributed by atoms with E-state index in [1.165, 1.54) is 35.1 Å². The Bertz CT molecular complexity index is 742. The molecule has 0 unspecified atom stereocenters. The summed E-state index contributed by atoms with van der Waals surface area (Å²) in [6, 6.07) is 13.7. The topological polar surface area (TPSA) is 12.5 Å². The first-order valence-electron chi connectivity index (χ1n) is 8.33. The van der Waals surface area contributed by atoms with Gasteiger partial charge in [-0.3, -0.25) is 0 Å². The van der Waals surface area contributed by atoms with Gasteiger partial charge in [0.25, 0.3) is 0 Å². The van der Waals surface area contributed by atoms with Crippen LogP contribution < -0.4 is 4.74 Å². The lowest BCUT2D eigenvalue weighted by atomic mass is 9.74. The summed E-state index contributed by atoms with van der Waals surface area (Å²) in [5.74, 6) is 1.20. The fourth-order valence-corrected chi connectivity index (χ4v) is 4.59. The molecule has 0 spiro atoms. The Morgan fingerprint density at radius 2 is 1.91 bits per heavy atom. The van der Waals surface area contributed by atoms with Gasteiger partial charge in [-0.2, -0.15) is 0 Å². The van der Waals surface area contributed by atoms with E-state index in [-0.39, 0.29) is 0 Å². The second kappa shape index (κ2) is 5.85. The minimum Gasteiger partial charge on any atom is -0.495 e. The first-order chi connectivity index (χ1) is 11.2. The minimum atomic E-state index is 0.411. The van der Waals surface area contributed by atoms with Gasteiger partial charge in [-0.1, -0.05) is 35.9 Å². The normalized spacial score (nSPS) is 23.4. The van der Waals surface area contributed by atoms with Crippen molar-refractivity contribution in [1.82, 2.24) is 4.90 Å². The molecule has 1 aliphatic carbocycles. The molecule has 4 rings (SSSR count). The smallest absolute Gasteiger partial charge is 0.137 e. The van der Waals surface area contributed by atoms with Gasteiger partial charge in [-0.25, -0.2) is 0 Å². The summed E-state index contributed by atoms with van der Waals surface area (Å²) >= 11 is 6.39. The van der Waals surface area contributed by atoms with Gasteiger partial charge in [0.2, 0.25) is 0 Å². The Labute approximate surface area is 143 Å². The van der Waals surface area contributed by atoms with Crippen LogP contribution in [0.15, 0.2) is 36.4 Å². The van der Waals surface area contributed by atoms with Crippen molar-refractivity contribution < 1.29 is 4.74 Å². The second-order valence-corrected chi connectivity index (χ2v) is 7.11. The van der Waals surface area contributed by atoms with E-state index < -0.39 is 0 Å². The highest BCUT2D eigenvalue weighted by molar-refractivity contribution is 6.32. The Balaban J connectivity index is 1.93. The van der Waals surface area contributed by atoms with E-state index in [0.29, 0.717) is 12.0 Å². The number of likely N-dealkylation sites (N-methyl/N-ethyl adjacent to an activating group) is 1. The minimum absolute atomic E-state index is 0.411. The van der Waals surface area contributed by atoms with E-state index in [1.807, 2.05) is 0 Å². The van der Waals surface area contributed by atoms with Crippen LogP contribution in [0.3, 0.4) is 0 Å². The van der Waals surface area contributed by atoms with E-state index in [2.05, 4.69) is 48.3 Å². The van der Waals surface area contributed by atoms with Crippen LogP contribution in [-0.2, 0) is 12.8 Å². The molecule has 2 atom stereocenters. The Morgan fingerprint density at radius 3 is 2.74 bits per heavy atom. The predicted octanol–water partition coefficient (Wildman–Crippen LogP) is 4.28. The van der Waals surface area contributed by atoms with Crippen LogP contribution in [0.5, 0.6) is 5.75 Å². The number of ether oxygens (including phenoxy) is 1. The highest BCUT2D eigenvalue weighted by Gasteiger charge is 2.36. The first-order valence-corrected chi connectivity index (χ1v) is 8.71. The summed E-state index contributed by atoms with van der Waals surface area (Å²) in [6.07, 6.45) is 3.43. The Morgan fingerprint density at radius 1 is 1.09 bits per heavy atom. The van der Waals surface area contributed by atoms with Crippen LogP contribution in [0.25, 0.3) is 0 Å². The van der Waals surface area contributed by atoms with Gasteiger partial charge in [-0.15, -0.1) is 0 Å². The highest BCUT2D eigenvalue weighted by atomic mass is 35.5. The van der Waals surface area contributed by atoms with E-state index in [1.54, 1.807) is 7.11 Å². The van der Waals surface area contributed by atoms with Gasteiger partial charge in [0, 0.05) is 18.5 Å². The predicted molar refractivity (Wildman–Crippen MR) is 94.7 cm³/mol. The average Bonchev–Trinajstić information content (AvgIpc) is 2.71. The van der Waals surface area contributed by atoms with E-state index in [0.717, 1.165) is 23.7 Å². The van der Waals surface area contributed by atoms with Gasteiger partial charge in [0.05, 0.1) is 12.1 Å². The van der Waals surface area contributed by atoms with Gasteiger partial charge in [0.1, 0.15) is 5.75 Å². The second-order valence-electron chi connectivity index (χ2n) is 6.70. The monoisotopic (exact) mass is 327 g/mol. The molecule has 0 aromatic heterocycles. The fraction of sp³-hybridized carbons (Fsp3) is 0.400. The SMILES string of the molecule is COc1cc2c(cc1Cl)CCN(C)[C@H]1CCc3ccccc3[C@H]21. The van der Waals surface area contributed by atoms with Crippen molar-refractivity contribution in [2.75, 3.05) is 20.7 Å². The van der Waals surface area contributed by atoms with Crippen molar-refractivity contribution in [1.29, 1.82) is 0 Å². The van der Waals surface area contributed by atoms with Gasteiger partial charge in [-0.05, 0) is 60.7 Å². The molecule has 2 nitrogen and oxygen atoms in total. The molecule has 1 aliphatic heterocycles. The van der Waals surface area contributed by atoms with Crippen LogP contribution in [0, 0.1) is 0 Å². The summed E-state index contributed by atoms with van der Waals surface area (Å²) in [5.41, 5.74) is 5.73. The van der Waals surface area contributed by atoms with Crippen molar-refractivity contribution in [3.63, 3.8) is 0 Å². The molecule has 0 bridgehead atoms. The largest absolute Gasteiger partial charge is 0.495 e. The summed E-state index contributed by atoms with van der Waals surface area (Å²) in [7, 11) is 3.96. The number of rotatable bonds is 1. The molecule has 0 saturated heterocycles. The molecule has 0 radical (unpaired) electrons. The third-order valence-corrected chi connectivity index (χ3v) is 5.83. The van der Waals surface area contributed by atoms with Crippen molar-refractivity contribution in [3.8, 4) is 5.75 Å². The molecule has 1 heterocycles. The number of hydrogen-bond donors (Lipinski definition) is 0. The number of methoxy groups -OCH3 is 1. The molecule has 2 aromatic rings.